The maximum Gasteiger partial charge on any atom is 0.0738 e. The number of hydrogen-bond donors (Lipinski definition) is 0. The molecule has 0 radical (unpaired) electrons. The summed E-state index contributed by atoms with van der Waals surface area (Å²) in [6.07, 6.45) is 1.62. The third kappa shape index (κ3) is 1.18. The van der Waals surface area contributed by atoms with E-state index in [1.165, 1.54) is 6.42 Å². The zero-order valence-corrected chi connectivity index (χ0v) is 7.29. The highest BCUT2D eigenvalue weighted by atomic mass is 16.5. The molecule has 0 aromatic carbocycles. The number of methoxy groups -OCH3 is 1. The van der Waals surface area contributed by atoms with Gasteiger partial charge >= 0.3 is 0 Å². The molecular formula is C8H17NO. The van der Waals surface area contributed by atoms with Crippen molar-refractivity contribution in [1.29, 1.82) is 0 Å². The van der Waals surface area contributed by atoms with Gasteiger partial charge in [0.05, 0.1) is 6.10 Å². The lowest BCUT2D eigenvalue weighted by molar-refractivity contribution is 0.0784. The van der Waals surface area contributed by atoms with Crippen LogP contribution in [0.5, 0.6) is 0 Å². The first-order valence-electron chi connectivity index (χ1n) is 3.91. The SMILES string of the molecule is COC1CC(C)N(C)C1C. The van der Waals surface area contributed by atoms with Gasteiger partial charge in [-0.1, -0.05) is 0 Å². The molecular weight excluding hydrogens is 126 g/mol. The molecule has 10 heavy (non-hydrogen) atoms. The van der Waals surface area contributed by atoms with Gasteiger partial charge in [0, 0.05) is 19.2 Å². The molecule has 0 spiro atoms. The Kier molecular flexibility index (Phi) is 2.32. The fourth-order valence-electron chi connectivity index (χ4n) is 1.66. The third-order valence-electron chi connectivity index (χ3n) is 2.75. The molecule has 3 atom stereocenters. The predicted molar refractivity (Wildman–Crippen MR) is 42.1 cm³/mol. The quantitative estimate of drug-likeness (QED) is 0.545. The monoisotopic (exact) mass is 143 g/mol. The molecule has 2 nitrogen and oxygen atoms in total. The highest BCUT2D eigenvalue weighted by molar-refractivity contribution is 4.87. The molecule has 0 saturated carbocycles. The van der Waals surface area contributed by atoms with Crippen LogP contribution in [0.3, 0.4) is 0 Å². The van der Waals surface area contributed by atoms with Gasteiger partial charge in [-0.3, -0.25) is 4.90 Å². The van der Waals surface area contributed by atoms with Crippen LogP contribution >= 0.6 is 0 Å². The second kappa shape index (κ2) is 2.89. The number of ether oxygens (including phenoxy) is 1. The smallest absolute Gasteiger partial charge is 0.0738 e. The Bertz CT molecular complexity index is 116. The Morgan fingerprint density at radius 1 is 1.40 bits per heavy atom. The van der Waals surface area contributed by atoms with Crippen LogP contribution in [-0.2, 0) is 4.74 Å². The number of nitrogens with zero attached hydrogens (tertiary/aromatic N) is 1. The van der Waals surface area contributed by atoms with Gasteiger partial charge in [0.25, 0.3) is 0 Å². The molecule has 0 aromatic heterocycles. The minimum absolute atomic E-state index is 0.444. The van der Waals surface area contributed by atoms with E-state index < -0.39 is 0 Å². The van der Waals surface area contributed by atoms with Gasteiger partial charge in [-0.2, -0.15) is 0 Å². The molecule has 0 amide bonds. The minimum atomic E-state index is 0.444. The lowest BCUT2D eigenvalue weighted by atomic mass is 10.2. The highest BCUT2D eigenvalue weighted by Crippen LogP contribution is 2.23. The van der Waals surface area contributed by atoms with E-state index in [0.717, 1.165) is 0 Å². The van der Waals surface area contributed by atoms with Gasteiger partial charge in [0.15, 0.2) is 0 Å². The summed E-state index contributed by atoms with van der Waals surface area (Å²) in [5.74, 6) is 0. The number of hydrogen-bond acceptors (Lipinski definition) is 2. The minimum Gasteiger partial charge on any atom is -0.380 e. The molecule has 0 aromatic rings. The first-order valence-corrected chi connectivity index (χ1v) is 3.91. The number of rotatable bonds is 1. The van der Waals surface area contributed by atoms with Crippen molar-refractivity contribution >= 4 is 0 Å². The number of likely N-dealkylation sites (tertiary alicyclic amines) is 1. The van der Waals surface area contributed by atoms with E-state index >= 15 is 0 Å². The van der Waals surface area contributed by atoms with Crippen LogP contribution < -0.4 is 0 Å². The van der Waals surface area contributed by atoms with Gasteiger partial charge < -0.3 is 4.74 Å². The van der Waals surface area contributed by atoms with Crippen LogP contribution in [0.1, 0.15) is 20.3 Å². The first kappa shape index (κ1) is 8.02. The van der Waals surface area contributed by atoms with Crippen molar-refractivity contribution < 1.29 is 4.74 Å². The van der Waals surface area contributed by atoms with Gasteiger partial charge in [-0.15, -0.1) is 0 Å². The largest absolute Gasteiger partial charge is 0.380 e. The Morgan fingerprint density at radius 2 is 2.00 bits per heavy atom. The zero-order chi connectivity index (χ0) is 7.72. The van der Waals surface area contributed by atoms with Crippen molar-refractivity contribution in [3.63, 3.8) is 0 Å². The van der Waals surface area contributed by atoms with E-state index in [1.54, 1.807) is 7.11 Å². The Morgan fingerprint density at radius 3 is 2.20 bits per heavy atom. The molecule has 0 bridgehead atoms. The van der Waals surface area contributed by atoms with Gasteiger partial charge in [0.1, 0.15) is 0 Å². The number of likely N-dealkylation sites (N-methyl/N-ethyl adjacent to an activating group) is 1. The maximum atomic E-state index is 5.32. The van der Waals surface area contributed by atoms with Crippen molar-refractivity contribution in [2.24, 2.45) is 0 Å². The molecule has 1 aliphatic heterocycles. The van der Waals surface area contributed by atoms with E-state index in [4.69, 9.17) is 4.74 Å². The maximum absolute atomic E-state index is 5.32. The molecule has 3 unspecified atom stereocenters. The average molecular weight is 143 g/mol. The van der Waals surface area contributed by atoms with E-state index in [9.17, 15) is 0 Å². The van der Waals surface area contributed by atoms with E-state index in [2.05, 4.69) is 25.8 Å². The van der Waals surface area contributed by atoms with Crippen LogP contribution in [0.25, 0.3) is 0 Å². The summed E-state index contributed by atoms with van der Waals surface area (Å²) in [6.45, 7) is 4.47. The molecule has 1 saturated heterocycles. The average Bonchev–Trinajstić information content (AvgIpc) is 2.17. The van der Waals surface area contributed by atoms with Crippen LogP contribution in [0, 0.1) is 0 Å². The summed E-state index contributed by atoms with van der Waals surface area (Å²) in [5, 5.41) is 0. The van der Waals surface area contributed by atoms with Crippen molar-refractivity contribution in [1.82, 2.24) is 4.90 Å². The lowest BCUT2D eigenvalue weighted by Crippen LogP contribution is -2.32. The summed E-state index contributed by atoms with van der Waals surface area (Å²) in [6, 6.07) is 1.26. The van der Waals surface area contributed by atoms with Gasteiger partial charge in [-0.05, 0) is 27.3 Å². The summed E-state index contributed by atoms with van der Waals surface area (Å²) >= 11 is 0. The molecule has 60 valence electrons. The molecule has 1 aliphatic rings. The normalized spacial score (nSPS) is 42.6. The van der Waals surface area contributed by atoms with Crippen LogP contribution in [0.4, 0.5) is 0 Å². The Hall–Kier alpha value is -0.0800. The molecule has 1 heterocycles. The Labute approximate surface area is 63.2 Å². The van der Waals surface area contributed by atoms with E-state index in [1.807, 2.05) is 0 Å². The lowest BCUT2D eigenvalue weighted by Gasteiger charge is -2.21. The fourth-order valence-corrected chi connectivity index (χ4v) is 1.66. The van der Waals surface area contributed by atoms with Crippen molar-refractivity contribution in [2.75, 3.05) is 14.2 Å². The van der Waals surface area contributed by atoms with Crippen LogP contribution in [0.15, 0.2) is 0 Å². The van der Waals surface area contributed by atoms with Gasteiger partial charge in [-0.25, -0.2) is 0 Å². The summed E-state index contributed by atoms with van der Waals surface area (Å²) in [4.78, 5) is 2.37. The standard InChI is InChI=1S/C8H17NO/c1-6-5-8(10-4)7(2)9(6)3/h6-8H,5H2,1-4H3. The summed E-state index contributed by atoms with van der Waals surface area (Å²) < 4.78 is 5.32. The van der Waals surface area contributed by atoms with E-state index in [-0.39, 0.29) is 0 Å². The van der Waals surface area contributed by atoms with Crippen molar-refractivity contribution in [3.8, 4) is 0 Å². The Balaban J connectivity index is 2.53. The molecule has 1 fully saturated rings. The summed E-state index contributed by atoms with van der Waals surface area (Å²) in [7, 11) is 3.96. The second-order valence-corrected chi connectivity index (χ2v) is 3.26. The van der Waals surface area contributed by atoms with Crippen LogP contribution in [-0.4, -0.2) is 37.2 Å². The van der Waals surface area contributed by atoms with Gasteiger partial charge in [0.2, 0.25) is 0 Å². The molecule has 2 heteroatoms. The molecule has 0 aliphatic carbocycles. The third-order valence-corrected chi connectivity index (χ3v) is 2.75. The molecule has 0 N–H and O–H groups in total. The van der Waals surface area contributed by atoms with E-state index in [0.29, 0.717) is 18.2 Å². The zero-order valence-electron chi connectivity index (χ0n) is 7.29. The first-order chi connectivity index (χ1) is 4.66. The van der Waals surface area contributed by atoms with Crippen molar-refractivity contribution in [2.45, 2.75) is 38.5 Å². The second-order valence-electron chi connectivity index (χ2n) is 3.26. The summed E-state index contributed by atoms with van der Waals surface area (Å²) in [5.41, 5.74) is 0. The fraction of sp³-hybridized carbons (Fsp3) is 1.00. The predicted octanol–water partition coefficient (Wildman–Crippen LogP) is 1.11. The topological polar surface area (TPSA) is 12.5 Å². The highest BCUT2D eigenvalue weighted by Gasteiger charge is 2.32. The van der Waals surface area contributed by atoms with Crippen molar-refractivity contribution in [3.05, 3.63) is 0 Å². The van der Waals surface area contributed by atoms with Crippen LogP contribution in [0.2, 0.25) is 0 Å². The molecule has 1 rings (SSSR count).